The molecule has 0 aromatic heterocycles. The molecule has 0 amide bonds. The number of hydrogen-bond acceptors (Lipinski definition) is 4. The van der Waals surface area contributed by atoms with Gasteiger partial charge in [-0.3, -0.25) is 0 Å². The van der Waals surface area contributed by atoms with Crippen molar-refractivity contribution in [1.82, 2.24) is 0 Å². The molecule has 1 aromatic carbocycles. The minimum atomic E-state index is -0.864. The van der Waals surface area contributed by atoms with Crippen LogP contribution in [-0.2, 0) is 4.84 Å². The fourth-order valence-corrected chi connectivity index (χ4v) is 1.82. The Morgan fingerprint density at radius 3 is 3.07 bits per heavy atom. The van der Waals surface area contributed by atoms with Crippen LogP contribution in [-0.4, -0.2) is 22.2 Å². The molecule has 0 spiro atoms. The molecule has 0 saturated carbocycles. The fraction of sp³-hybridized carbons (Fsp3) is 0.222. The first-order chi connectivity index (χ1) is 6.75. The van der Waals surface area contributed by atoms with E-state index >= 15 is 0 Å². The highest BCUT2D eigenvalue weighted by molar-refractivity contribution is 8.14. The number of thioether (sulfide) groups is 1. The molecule has 0 radical (unpaired) electrons. The average Bonchev–Trinajstić information content (AvgIpc) is 2.19. The number of aliphatic hydroxyl groups is 1. The fourth-order valence-electron chi connectivity index (χ4n) is 1.07. The first kappa shape index (κ1) is 9.48. The van der Waals surface area contributed by atoms with E-state index in [9.17, 15) is 4.39 Å². The number of halogens is 1. The van der Waals surface area contributed by atoms with Crippen molar-refractivity contribution in [3.8, 4) is 0 Å². The Kier molecular flexibility index (Phi) is 2.69. The maximum absolute atomic E-state index is 12.8. The smallest absolute Gasteiger partial charge is 0.233 e. The molecule has 0 saturated heterocycles. The zero-order valence-corrected chi connectivity index (χ0v) is 8.00. The first-order valence-corrected chi connectivity index (χ1v) is 5.05. The summed E-state index contributed by atoms with van der Waals surface area (Å²) in [6.07, 6.45) is -0.864. The Balaban J connectivity index is 2.23. The summed E-state index contributed by atoms with van der Waals surface area (Å²) in [5.41, 5.74) is 0.668. The number of nitrogens with zero attached hydrogens (tertiary/aromatic N) is 1. The zero-order valence-electron chi connectivity index (χ0n) is 7.18. The summed E-state index contributed by atoms with van der Waals surface area (Å²) in [7, 11) is 0. The second-order valence-electron chi connectivity index (χ2n) is 2.78. The van der Waals surface area contributed by atoms with E-state index in [1.54, 1.807) is 12.1 Å². The molecule has 1 unspecified atom stereocenters. The van der Waals surface area contributed by atoms with Gasteiger partial charge in [-0.2, -0.15) is 0 Å². The van der Waals surface area contributed by atoms with E-state index in [4.69, 9.17) is 5.11 Å². The SMILES string of the molecule is OC1CSC(c2cccc(F)c2)=NO1. The summed E-state index contributed by atoms with van der Waals surface area (Å²) < 4.78 is 12.8. The van der Waals surface area contributed by atoms with Gasteiger partial charge in [-0.15, -0.1) is 0 Å². The molecule has 1 aliphatic rings. The van der Waals surface area contributed by atoms with Crippen LogP contribution in [0.2, 0.25) is 0 Å². The molecule has 1 aliphatic heterocycles. The van der Waals surface area contributed by atoms with Crippen LogP contribution in [0.5, 0.6) is 0 Å². The van der Waals surface area contributed by atoms with E-state index in [0.717, 1.165) is 0 Å². The van der Waals surface area contributed by atoms with Gasteiger partial charge in [0, 0.05) is 5.56 Å². The Hall–Kier alpha value is -1.07. The molecule has 1 aromatic rings. The van der Waals surface area contributed by atoms with E-state index in [1.807, 2.05) is 0 Å². The van der Waals surface area contributed by atoms with Crippen molar-refractivity contribution < 1.29 is 14.3 Å². The van der Waals surface area contributed by atoms with Gasteiger partial charge in [0.15, 0.2) is 0 Å². The van der Waals surface area contributed by atoms with Crippen LogP contribution < -0.4 is 0 Å². The minimum Gasteiger partial charge on any atom is -0.362 e. The molecule has 1 N–H and O–H groups in total. The molecule has 1 heterocycles. The van der Waals surface area contributed by atoms with Gasteiger partial charge >= 0.3 is 0 Å². The highest BCUT2D eigenvalue weighted by atomic mass is 32.2. The maximum atomic E-state index is 12.8. The van der Waals surface area contributed by atoms with Gasteiger partial charge in [-0.25, -0.2) is 4.39 Å². The maximum Gasteiger partial charge on any atom is 0.233 e. The van der Waals surface area contributed by atoms with Crippen LogP contribution in [0.1, 0.15) is 5.56 Å². The monoisotopic (exact) mass is 213 g/mol. The summed E-state index contributed by atoms with van der Waals surface area (Å²) >= 11 is 1.34. The largest absolute Gasteiger partial charge is 0.362 e. The van der Waals surface area contributed by atoms with Crippen LogP contribution in [0, 0.1) is 5.82 Å². The molecule has 1 atom stereocenters. The van der Waals surface area contributed by atoms with Gasteiger partial charge in [0.05, 0.1) is 5.75 Å². The molecule has 3 nitrogen and oxygen atoms in total. The average molecular weight is 213 g/mol. The number of aliphatic hydroxyl groups excluding tert-OH is 1. The summed E-state index contributed by atoms with van der Waals surface area (Å²) in [4.78, 5) is 4.68. The second kappa shape index (κ2) is 3.98. The molecule has 74 valence electrons. The van der Waals surface area contributed by atoms with Gasteiger partial charge < -0.3 is 9.94 Å². The van der Waals surface area contributed by atoms with E-state index in [1.165, 1.54) is 23.9 Å². The third-order valence-corrected chi connectivity index (χ3v) is 2.73. The molecule has 5 heteroatoms. The summed E-state index contributed by atoms with van der Waals surface area (Å²) in [6.45, 7) is 0. The van der Waals surface area contributed by atoms with Gasteiger partial charge in [0.1, 0.15) is 10.9 Å². The lowest BCUT2D eigenvalue weighted by atomic mass is 10.2. The molecule has 0 bridgehead atoms. The van der Waals surface area contributed by atoms with E-state index < -0.39 is 6.29 Å². The van der Waals surface area contributed by atoms with E-state index in [2.05, 4.69) is 9.99 Å². The van der Waals surface area contributed by atoms with Crippen molar-refractivity contribution in [2.24, 2.45) is 5.16 Å². The standard InChI is InChI=1S/C9H8FNO2S/c10-7-3-1-2-6(4-7)9-11-13-8(12)5-14-9/h1-4,8,12H,5H2. The normalized spacial score (nSPS) is 21.3. The predicted octanol–water partition coefficient (Wildman–Crippen LogP) is 1.57. The quantitative estimate of drug-likeness (QED) is 0.770. The molecular formula is C9H8FNO2S. The van der Waals surface area contributed by atoms with Crippen LogP contribution >= 0.6 is 11.8 Å². The topological polar surface area (TPSA) is 41.8 Å². The van der Waals surface area contributed by atoms with Crippen molar-refractivity contribution in [2.45, 2.75) is 6.29 Å². The van der Waals surface area contributed by atoms with Crippen molar-refractivity contribution in [1.29, 1.82) is 0 Å². The van der Waals surface area contributed by atoms with Gasteiger partial charge in [0.2, 0.25) is 6.29 Å². The lowest BCUT2D eigenvalue weighted by Gasteiger charge is -2.15. The molecular weight excluding hydrogens is 205 g/mol. The van der Waals surface area contributed by atoms with Gasteiger partial charge in [-0.1, -0.05) is 29.1 Å². The van der Waals surface area contributed by atoms with E-state index in [-0.39, 0.29) is 5.82 Å². The number of rotatable bonds is 1. The van der Waals surface area contributed by atoms with Crippen LogP contribution in [0.4, 0.5) is 4.39 Å². The Morgan fingerprint density at radius 2 is 2.43 bits per heavy atom. The third kappa shape index (κ3) is 2.05. The Labute approximate surface area is 84.6 Å². The van der Waals surface area contributed by atoms with E-state index in [0.29, 0.717) is 16.4 Å². The van der Waals surface area contributed by atoms with Crippen LogP contribution in [0.3, 0.4) is 0 Å². The number of oxime groups is 1. The molecule has 2 rings (SSSR count). The van der Waals surface area contributed by atoms with Crippen molar-refractivity contribution in [3.05, 3.63) is 35.6 Å². The lowest BCUT2D eigenvalue weighted by Crippen LogP contribution is -2.19. The number of benzene rings is 1. The van der Waals surface area contributed by atoms with Gasteiger partial charge in [0.25, 0.3) is 0 Å². The number of hydrogen-bond donors (Lipinski definition) is 1. The van der Waals surface area contributed by atoms with Crippen molar-refractivity contribution in [3.63, 3.8) is 0 Å². The zero-order chi connectivity index (χ0) is 9.97. The first-order valence-electron chi connectivity index (χ1n) is 4.06. The summed E-state index contributed by atoms with van der Waals surface area (Å²) in [5.74, 6) is 0.104. The lowest BCUT2D eigenvalue weighted by molar-refractivity contribution is -0.0813. The molecule has 0 fully saturated rings. The Bertz CT molecular complexity index is 370. The minimum absolute atomic E-state index is 0.308. The summed E-state index contributed by atoms with van der Waals surface area (Å²) in [6, 6.07) is 6.11. The highest BCUT2D eigenvalue weighted by Crippen LogP contribution is 2.20. The molecule has 14 heavy (non-hydrogen) atoms. The van der Waals surface area contributed by atoms with Crippen molar-refractivity contribution >= 4 is 16.8 Å². The van der Waals surface area contributed by atoms with Crippen molar-refractivity contribution in [2.75, 3.05) is 5.75 Å². The summed E-state index contributed by atoms with van der Waals surface area (Å²) in [5, 5.41) is 13.3. The second-order valence-corrected chi connectivity index (χ2v) is 3.79. The van der Waals surface area contributed by atoms with Gasteiger partial charge in [-0.05, 0) is 12.1 Å². The molecule has 0 aliphatic carbocycles. The van der Waals surface area contributed by atoms with Crippen LogP contribution in [0.15, 0.2) is 29.4 Å². The Morgan fingerprint density at radius 1 is 1.57 bits per heavy atom. The highest BCUT2D eigenvalue weighted by Gasteiger charge is 2.16. The predicted molar refractivity (Wildman–Crippen MR) is 52.5 cm³/mol. The van der Waals surface area contributed by atoms with Crippen LogP contribution in [0.25, 0.3) is 0 Å². The third-order valence-electron chi connectivity index (χ3n) is 1.69.